The first-order chi connectivity index (χ1) is 11.1. The molecule has 0 atom stereocenters. The fourth-order valence-electron chi connectivity index (χ4n) is 2.08. The maximum atomic E-state index is 12.5. The third kappa shape index (κ3) is 3.06. The summed E-state index contributed by atoms with van der Waals surface area (Å²) in [5.74, 6) is -0.352. The second kappa shape index (κ2) is 6.40. The Morgan fingerprint density at radius 3 is 2.39 bits per heavy atom. The molecule has 3 rings (SSSR count). The number of hydrogen-bond acceptors (Lipinski definition) is 4. The summed E-state index contributed by atoms with van der Waals surface area (Å²) >= 11 is 12.2. The van der Waals surface area contributed by atoms with Gasteiger partial charge in [-0.3, -0.25) is 10.2 Å². The van der Waals surface area contributed by atoms with Gasteiger partial charge in [0.15, 0.2) is 5.71 Å². The summed E-state index contributed by atoms with van der Waals surface area (Å²) in [5, 5.41) is 10.6. The Labute approximate surface area is 143 Å². The minimum atomic E-state index is -0.352. The number of nitrogens with one attached hydrogen (secondary N) is 1. The number of hydrazone groups is 2. The fourth-order valence-corrected chi connectivity index (χ4v) is 2.48. The van der Waals surface area contributed by atoms with E-state index in [-0.39, 0.29) is 11.6 Å². The van der Waals surface area contributed by atoms with Crippen LogP contribution in [0.25, 0.3) is 0 Å². The highest BCUT2D eigenvalue weighted by Gasteiger charge is 2.31. The lowest BCUT2D eigenvalue weighted by molar-refractivity contribution is -0.112. The molecule has 0 aliphatic carbocycles. The molecule has 116 valence electrons. The molecule has 23 heavy (non-hydrogen) atoms. The first kappa shape index (κ1) is 15.5. The van der Waals surface area contributed by atoms with Crippen molar-refractivity contribution < 1.29 is 4.79 Å². The Kier molecular flexibility index (Phi) is 4.32. The van der Waals surface area contributed by atoms with E-state index in [0.717, 1.165) is 0 Å². The molecular weight excluding hydrogens is 335 g/mol. The number of benzene rings is 2. The van der Waals surface area contributed by atoms with Gasteiger partial charge in [0.1, 0.15) is 0 Å². The van der Waals surface area contributed by atoms with Gasteiger partial charge in [-0.15, -0.1) is 0 Å². The number of rotatable bonds is 3. The van der Waals surface area contributed by atoms with Gasteiger partial charge in [0.25, 0.3) is 0 Å². The van der Waals surface area contributed by atoms with Crippen molar-refractivity contribution in [1.82, 2.24) is 0 Å². The van der Waals surface area contributed by atoms with Crippen molar-refractivity contribution in [2.24, 2.45) is 10.2 Å². The lowest BCUT2D eigenvalue weighted by atomic mass is 10.2. The average molecular weight is 347 g/mol. The van der Waals surface area contributed by atoms with Crippen molar-refractivity contribution in [3.8, 4) is 0 Å². The molecule has 0 saturated heterocycles. The Hall–Kier alpha value is -2.37. The van der Waals surface area contributed by atoms with Gasteiger partial charge >= 0.3 is 5.91 Å². The second-order valence-electron chi connectivity index (χ2n) is 4.81. The molecule has 2 aromatic carbocycles. The number of carbonyl (C=O) groups excluding carboxylic acids is 1. The first-order valence-electron chi connectivity index (χ1n) is 6.80. The molecule has 7 heteroatoms. The number of hydrogen-bond donors (Lipinski definition) is 1. The predicted molar refractivity (Wildman–Crippen MR) is 94.6 cm³/mol. The van der Waals surface area contributed by atoms with Crippen LogP contribution in [0.15, 0.2) is 58.7 Å². The van der Waals surface area contributed by atoms with Gasteiger partial charge in [-0.05, 0) is 31.2 Å². The van der Waals surface area contributed by atoms with Crippen LogP contribution in [0, 0.1) is 0 Å². The number of anilines is 2. The summed E-state index contributed by atoms with van der Waals surface area (Å²) in [5.41, 5.74) is 4.63. The monoisotopic (exact) mass is 346 g/mol. The maximum absolute atomic E-state index is 12.5. The number of carbonyl (C=O) groups is 1. The van der Waals surface area contributed by atoms with Crippen molar-refractivity contribution in [3.05, 3.63) is 58.6 Å². The van der Waals surface area contributed by atoms with Crippen molar-refractivity contribution >= 4 is 51.9 Å². The second-order valence-corrected chi connectivity index (χ2v) is 5.62. The number of amides is 1. The smallest absolute Gasteiger partial charge is 0.276 e. The van der Waals surface area contributed by atoms with Crippen LogP contribution in [0.2, 0.25) is 10.0 Å². The van der Waals surface area contributed by atoms with E-state index in [4.69, 9.17) is 23.2 Å². The van der Waals surface area contributed by atoms with Gasteiger partial charge < -0.3 is 0 Å². The van der Waals surface area contributed by atoms with Gasteiger partial charge in [-0.25, -0.2) is 0 Å². The Balaban J connectivity index is 1.87. The minimum absolute atomic E-state index is 0.213. The lowest BCUT2D eigenvalue weighted by Crippen LogP contribution is -2.28. The molecule has 0 radical (unpaired) electrons. The van der Waals surface area contributed by atoms with E-state index < -0.39 is 0 Å². The Bertz CT molecular complexity index is 832. The largest absolute Gasteiger partial charge is 0.301 e. The molecule has 0 aromatic heterocycles. The van der Waals surface area contributed by atoms with Crippen LogP contribution in [-0.4, -0.2) is 17.3 Å². The van der Waals surface area contributed by atoms with Crippen LogP contribution >= 0.6 is 23.2 Å². The zero-order chi connectivity index (χ0) is 16.4. The summed E-state index contributed by atoms with van der Waals surface area (Å²) in [7, 11) is 0. The van der Waals surface area contributed by atoms with Crippen molar-refractivity contribution in [3.63, 3.8) is 0 Å². The molecule has 0 bridgehead atoms. The van der Waals surface area contributed by atoms with Gasteiger partial charge in [0, 0.05) is 0 Å². The minimum Gasteiger partial charge on any atom is -0.276 e. The summed E-state index contributed by atoms with van der Waals surface area (Å²) in [6, 6.07) is 14.1. The molecule has 1 aliphatic heterocycles. The molecule has 0 spiro atoms. The molecule has 5 nitrogen and oxygen atoms in total. The Morgan fingerprint density at radius 1 is 1.04 bits per heavy atom. The highest BCUT2D eigenvalue weighted by molar-refractivity contribution is 6.71. The zero-order valence-electron chi connectivity index (χ0n) is 12.1. The maximum Gasteiger partial charge on any atom is 0.301 e. The van der Waals surface area contributed by atoms with E-state index in [2.05, 4.69) is 15.6 Å². The molecular formula is C16H12Cl2N4O. The zero-order valence-corrected chi connectivity index (χ0v) is 13.6. The topological polar surface area (TPSA) is 57.1 Å². The van der Waals surface area contributed by atoms with Gasteiger partial charge in [-0.1, -0.05) is 47.5 Å². The van der Waals surface area contributed by atoms with Crippen molar-refractivity contribution in [1.29, 1.82) is 0 Å². The molecule has 0 fully saturated rings. The molecule has 1 heterocycles. The normalized spacial score (nSPS) is 16.0. The third-order valence-corrected chi connectivity index (χ3v) is 3.88. The molecule has 1 N–H and O–H groups in total. The van der Waals surface area contributed by atoms with E-state index in [1.165, 1.54) is 5.01 Å². The standard InChI is InChI=1S/C16H12Cl2N4O/c1-10-15(20-19-13-8-4-2-6-11(13)17)16(23)22(21-10)14-9-5-3-7-12(14)18/h2-9,19H,1H3/b20-15+. The fraction of sp³-hybridized carbons (Fsp3) is 0.0625. The van der Waals surface area contributed by atoms with Crippen LogP contribution in [0.3, 0.4) is 0 Å². The summed E-state index contributed by atoms with van der Waals surface area (Å²) in [6.45, 7) is 1.71. The molecule has 0 unspecified atom stereocenters. The number of halogens is 2. The predicted octanol–water partition coefficient (Wildman–Crippen LogP) is 4.18. The van der Waals surface area contributed by atoms with Gasteiger partial charge in [0.2, 0.25) is 0 Å². The van der Waals surface area contributed by atoms with Crippen LogP contribution in [0.4, 0.5) is 11.4 Å². The van der Waals surface area contributed by atoms with Gasteiger partial charge in [-0.2, -0.15) is 15.2 Å². The van der Waals surface area contributed by atoms with Crippen LogP contribution in [0.5, 0.6) is 0 Å². The highest BCUT2D eigenvalue weighted by atomic mass is 35.5. The molecule has 2 aromatic rings. The van der Waals surface area contributed by atoms with E-state index >= 15 is 0 Å². The van der Waals surface area contributed by atoms with E-state index in [1.807, 2.05) is 12.1 Å². The average Bonchev–Trinajstić information content (AvgIpc) is 2.82. The van der Waals surface area contributed by atoms with E-state index in [9.17, 15) is 4.79 Å². The van der Waals surface area contributed by atoms with Crippen LogP contribution in [0.1, 0.15) is 6.92 Å². The molecule has 1 amide bonds. The van der Waals surface area contributed by atoms with Crippen molar-refractivity contribution in [2.75, 3.05) is 10.4 Å². The van der Waals surface area contributed by atoms with Crippen LogP contribution < -0.4 is 10.4 Å². The number of para-hydroxylation sites is 2. The molecule has 0 saturated carbocycles. The Morgan fingerprint density at radius 2 is 1.70 bits per heavy atom. The third-order valence-electron chi connectivity index (χ3n) is 3.23. The van der Waals surface area contributed by atoms with Gasteiger partial charge in [0.05, 0.1) is 27.1 Å². The SMILES string of the molecule is CC1=NN(c2ccccc2Cl)C(=O)/C1=N/Nc1ccccc1Cl. The highest BCUT2D eigenvalue weighted by Crippen LogP contribution is 2.28. The molecule has 1 aliphatic rings. The first-order valence-corrected chi connectivity index (χ1v) is 7.56. The van der Waals surface area contributed by atoms with Crippen LogP contribution in [-0.2, 0) is 4.79 Å². The quantitative estimate of drug-likeness (QED) is 0.847. The van der Waals surface area contributed by atoms with E-state index in [1.54, 1.807) is 43.3 Å². The number of nitrogens with zero attached hydrogens (tertiary/aromatic N) is 3. The summed E-state index contributed by atoms with van der Waals surface area (Å²) < 4.78 is 0. The lowest BCUT2D eigenvalue weighted by Gasteiger charge is -2.12. The summed E-state index contributed by atoms with van der Waals surface area (Å²) in [4.78, 5) is 12.5. The van der Waals surface area contributed by atoms with E-state index in [0.29, 0.717) is 27.1 Å². The van der Waals surface area contributed by atoms with Crippen molar-refractivity contribution in [2.45, 2.75) is 6.92 Å². The summed E-state index contributed by atoms with van der Waals surface area (Å²) in [6.07, 6.45) is 0.